The summed E-state index contributed by atoms with van der Waals surface area (Å²) in [5, 5.41) is 4.12. The van der Waals surface area contributed by atoms with Crippen molar-refractivity contribution in [2.24, 2.45) is 5.92 Å². The number of halogens is 1. The summed E-state index contributed by atoms with van der Waals surface area (Å²) >= 11 is 3.69. The average molecular weight is 379 g/mol. The number of hydrogen-bond donors (Lipinski definition) is 0. The molecule has 0 heterocycles. The van der Waals surface area contributed by atoms with E-state index in [9.17, 15) is 9.59 Å². The van der Waals surface area contributed by atoms with Gasteiger partial charge in [-0.25, -0.2) is 0 Å². The quantitative estimate of drug-likeness (QED) is 0.361. The lowest BCUT2D eigenvalue weighted by Gasteiger charge is -2.10. The van der Waals surface area contributed by atoms with Crippen LogP contribution in [-0.2, 0) is 9.59 Å². The van der Waals surface area contributed by atoms with Crippen LogP contribution >= 0.6 is 15.9 Å². The first-order chi connectivity index (χ1) is 11.5. The number of ketones is 2. The summed E-state index contributed by atoms with van der Waals surface area (Å²) in [5.41, 5.74) is 0.844. The van der Waals surface area contributed by atoms with Crippen LogP contribution in [0, 0.1) is 17.8 Å². The van der Waals surface area contributed by atoms with Gasteiger partial charge in [0.15, 0.2) is 11.6 Å². The van der Waals surface area contributed by atoms with E-state index in [1.54, 1.807) is 0 Å². The van der Waals surface area contributed by atoms with Gasteiger partial charge in [0.05, 0.1) is 0 Å². The second-order valence-electron chi connectivity index (χ2n) is 5.70. The van der Waals surface area contributed by atoms with E-state index >= 15 is 0 Å². The molecule has 24 heavy (non-hydrogen) atoms. The number of Topliss-reactive ketones (excluding diaryl/α,β-unsaturated/α-hetero) is 2. The molecular weight excluding hydrogens is 364 g/mol. The maximum Gasteiger partial charge on any atom is 0.152 e. The van der Waals surface area contributed by atoms with Gasteiger partial charge in [-0.3, -0.25) is 9.59 Å². The van der Waals surface area contributed by atoms with Gasteiger partial charge in [-0.05, 0) is 51.3 Å². The minimum atomic E-state index is -0.869. The zero-order chi connectivity index (χ0) is 17.3. The Morgan fingerprint density at radius 3 is 1.67 bits per heavy atom. The Hall–Kier alpha value is -2.44. The van der Waals surface area contributed by atoms with Crippen molar-refractivity contribution >= 4 is 49.0 Å². The molecule has 0 aliphatic carbocycles. The van der Waals surface area contributed by atoms with Gasteiger partial charge in [-0.15, -0.1) is 0 Å². The van der Waals surface area contributed by atoms with Gasteiger partial charge < -0.3 is 0 Å². The van der Waals surface area contributed by atoms with E-state index < -0.39 is 5.92 Å². The predicted octanol–water partition coefficient (Wildman–Crippen LogP) is 4.90. The molecule has 0 unspecified atom stereocenters. The summed E-state index contributed by atoms with van der Waals surface area (Å²) in [4.78, 5) is 23.3. The van der Waals surface area contributed by atoms with Crippen molar-refractivity contribution in [3.63, 3.8) is 0 Å². The van der Waals surface area contributed by atoms with Crippen LogP contribution in [0.25, 0.3) is 21.5 Å². The first-order valence-electron chi connectivity index (χ1n) is 7.62. The first kappa shape index (κ1) is 16.4. The van der Waals surface area contributed by atoms with Crippen molar-refractivity contribution in [2.75, 3.05) is 0 Å². The maximum atomic E-state index is 11.7. The Balaban J connectivity index is 2.36. The highest BCUT2D eigenvalue weighted by Crippen LogP contribution is 2.35. The van der Waals surface area contributed by atoms with E-state index in [-0.39, 0.29) is 11.6 Å². The average Bonchev–Trinajstić information content (AvgIpc) is 2.57. The topological polar surface area (TPSA) is 34.1 Å². The fraction of sp³-hybridized carbons (Fsp3) is 0.143. The van der Waals surface area contributed by atoms with Gasteiger partial charge in [-0.2, -0.15) is 0 Å². The molecule has 118 valence electrons. The highest BCUT2D eigenvalue weighted by Gasteiger charge is 2.17. The lowest BCUT2D eigenvalue weighted by atomic mass is 9.95. The molecule has 0 saturated heterocycles. The fourth-order valence-corrected chi connectivity index (χ4v) is 3.54. The van der Waals surface area contributed by atoms with Crippen molar-refractivity contribution in [1.29, 1.82) is 0 Å². The van der Waals surface area contributed by atoms with Gasteiger partial charge >= 0.3 is 0 Å². The van der Waals surface area contributed by atoms with Crippen LogP contribution in [0.5, 0.6) is 0 Å². The summed E-state index contributed by atoms with van der Waals surface area (Å²) in [6.45, 7) is 2.80. The number of rotatable bonds is 2. The third-order valence-corrected chi connectivity index (χ3v) is 4.87. The maximum absolute atomic E-state index is 11.7. The zero-order valence-corrected chi connectivity index (χ0v) is 15.0. The van der Waals surface area contributed by atoms with E-state index in [0.717, 1.165) is 31.6 Å². The Kier molecular flexibility index (Phi) is 4.51. The molecule has 3 rings (SSSR count). The van der Waals surface area contributed by atoms with Crippen LogP contribution in [0.2, 0.25) is 0 Å². The zero-order valence-electron chi connectivity index (χ0n) is 13.4. The van der Waals surface area contributed by atoms with Crippen LogP contribution < -0.4 is 0 Å². The minimum absolute atomic E-state index is 0.222. The van der Waals surface area contributed by atoms with E-state index in [2.05, 4.69) is 27.8 Å². The van der Waals surface area contributed by atoms with E-state index in [1.807, 2.05) is 48.5 Å². The SMILES string of the molecule is CC(=O)C(C#Cc1c2ccccc2c(Br)c2ccccc12)C(C)=O. The third kappa shape index (κ3) is 2.86. The highest BCUT2D eigenvalue weighted by atomic mass is 79.9. The Labute approximate surface area is 149 Å². The largest absolute Gasteiger partial charge is 0.298 e. The molecular formula is C21H15BrO2. The summed E-state index contributed by atoms with van der Waals surface area (Å²) in [7, 11) is 0. The van der Waals surface area contributed by atoms with Gasteiger partial charge in [0.2, 0.25) is 0 Å². The number of hydrogen-bond acceptors (Lipinski definition) is 2. The van der Waals surface area contributed by atoms with Crippen molar-refractivity contribution in [2.45, 2.75) is 13.8 Å². The van der Waals surface area contributed by atoms with Crippen LogP contribution in [0.15, 0.2) is 53.0 Å². The second kappa shape index (κ2) is 6.59. The van der Waals surface area contributed by atoms with Crippen molar-refractivity contribution in [3.05, 3.63) is 58.6 Å². The molecule has 3 aromatic rings. The predicted molar refractivity (Wildman–Crippen MR) is 101 cm³/mol. The Bertz CT molecular complexity index is 967. The standard InChI is InChI=1S/C21H15BrO2/c1-13(23)15(14(2)24)11-12-18-16-7-3-5-9-19(16)21(22)20-10-6-4-8-17(18)20/h3-10,15H,1-2H3. The lowest BCUT2D eigenvalue weighted by Crippen LogP contribution is -2.17. The number of fused-ring (bicyclic) bond motifs is 2. The minimum Gasteiger partial charge on any atom is -0.298 e. The molecule has 0 saturated carbocycles. The van der Waals surface area contributed by atoms with Crippen LogP contribution in [0.4, 0.5) is 0 Å². The van der Waals surface area contributed by atoms with Gasteiger partial charge in [0.25, 0.3) is 0 Å². The number of carbonyl (C=O) groups is 2. The van der Waals surface area contributed by atoms with Gasteiger partial charge in [0, 0.05) is 10.0 Å². The van der Waals surface area contributed by atoms with Crippen LogP contribution in [-0.4, -0.2) is 11.6 Å². The highest BCUT2D eigenvalue weighted by molar-refractivity contribution is 9.10. The van der Waals surface area contributed by atoms with E-state index in [1.165, 1.54) is 13.8 Å². The summed E-state index contributed by atoms with van der Waals surface area (Å²) < 4.78 is 1.02. The third-order valence-electron chi connectivity index (χ3n) is 4.02. The molecule has 0 aromatic heterocycles. The Morgan fingerprint density at radius 2 is 1.25 bits per heavy atom. The molecule has 3 aromatic carbocycles. The molecule has 3 heteroatoms. The lowest BCUT2D eigenvalue weighted by molar-refractivity contribution is -0.127. The van der Waals surface area contributed by atoms with Gasteiger partial charge in [0.1, 0.15) is 5.92 Å². The van der Waals surface area contributed by atoms with Gasteiger partial charge in [-0.1, -0.05) is 60.4 Å². The molecule has 0 spiro atoms. The molecule has 0 radical (unpaired) electrons. The Morgan fingerprint density at radius 1 is 0.833 bits per heavy atom. The first-order valence-corrected chi connectivity index (χ1v) is 8.41. The molecule has 0 N–H and O–H groups in total. The molecule has 0 bridgehead atoms. The van der Waals surface area contributed by atoms with Crippen LogP contribution in [0.3, 0.4) is 0 Å². The van der Waals surface area contributed by atoms with Crippen molar-refractivity contribution < 1.29 is 9.59 Å². The summed E-state index contributed by atoms with van der Waals surface area (Å²) in [6.07, 6.45) is 0. The van der Waals surface area contributed by atoms with Crippen molar-refractivity contribution in [1.82, 2.24) is 0 Å². The smallest absolute Gasteiger partial charge is 0.152 e. The number of benzene rings is 3. The van der Waals surface area contributed by atoms with Crippen LogP contribution in [0.1, 0.15) is 19.4 Å². The normalized spacial score (nSPS) is 10.7. The second-order valence-corrected chi connectivity index (χ2v) is 6.50. The van der Waals surface area contributed by atoms with Crippen molar-refractivity contribution in [3.8, 4) is 11.8 Å². The summed E-state index contributed by atoms with van der Waals surface area (Å²) in [6, 6.07) is 16.0. The molecule has 0 aliphatic heterocycles. The summed E-state index contributed by atoms with van der Waals surface area (Å²) in [5.74, 6) is 4.67. The molecule has 0 fully saturated rings. The van der Waals surface area contributed by atoms with E-state index in [0.29, 0.717) is 0 Å². The monoisotopic (exact) mass is 378 g/mol. The molecule has 0 aliphatic rings. The van der Waals surface area contributed by atoms with E-state index in [4.69, 9.17) is 0 Å². The molecule has 0 amide bonds. The molecule has 0 atom stereocenters. The number of carbonyl (C=O) groups excluding carboxylic acids is 2. The molecule has 2 nitrogen and oxygen atoms in total. The fourth-order valence-electron chi connectivity index (χ4n) is 2.84.